The number of ether oxygens (including phenoxy) is 1. The van der Waals surface area contributed by atoms with E-state index in [0.29, 0.717) is 12.5 Å². The van der Waals surface area contributed by atoms with Crippen molar-refractivity contribution in [2.75, 3.05) is 13.7 Å². The number of nitrogens with two attached hydrogens (primary N) is 1. The molecule has 4 nitrogen and oxygen atoms in total. The molecule has 1 unspecified atom stereocenters. The third-order valence-corrected chi connectivity index (χ3v) is 3.04. The van der Waals surface area contributed by atoms with Gasteiger partial charge in [0.1, 0.15) is 5.82 Å². The predicted octanol–water partition coefficient (Wildman–Crippen LogP) is 2.36. The number of aromatic amines is 1. The van der Waals surface area contributed by atoms with E-state index in [1.165, 1.54) is 13.2 Å². The van der Waals surface area contributed by atoms with Gasteiger partial charge in [0.05, 0.1) is 19.0 Å². The van der Waals surface area contributed by atoms with E-state index in [1.807, 2.05) is 0 Å². The average Bonchev–Trinajstić information content (AvgIpc) is 2.87. The van der Waals surface area contributed by atoms with Gasteiger partial charge in [-0.3, -0.25) is 0 Å². The molecular formula is C14H18FN3O. The van der Waals surface area contributed by atoms with Gasteiger partial charge in [-0.15, -0.1) is 0 Å². The molecule has 0 bridgehead atoms. The van der Waals surface area contributed by atoms with Crippen LogP contribution in [0.1, 0.15) is 12.7 Å². The third-order valence-electron chi connectivity index (χ3n) is 3.04. The van der Waals surface area contributed by atoms with E-state index in [-0.39, 0.29) is 11.6 Å². The summed E-state index contributed by atoms with van der Waals surface area (Å²) in [6.45, 7) is 2.68. The number of H-pyrrole nitrogens is 1. The molecule has 3 N–H and O–H groups in total. The molecular weight excluding hydrogens is 245 g/mol. The third kappa shape index (κ3) is 3.12. The van der Waals surface area contributed by atoms with Crippen LogP contribution in [0.2, 0.25) is 0 Å². The van der Waals surface area contributed by atoms with Crippen molar-refractivity contribution in [1.82, 2.24) is 9.97 Å². The summed E-state index contributed by atoms with van der Waals surface area (Å²) in [6, 6.07) is 4.84. The number of aromatic nitrogens is 2. The molecule has 2 rings (SSSR count). The van der Waals surface area contributed by atoms with Gasteiger partial charge in [-0.25, -0.2) is 9.37 Å². The van der Waals surface area contributed by atoms with Gasteiger partial charge in [0.15, 0.2) is 11.6 Å². The van der Waals surface area contributed by atoms with Crippen LogP contribution in [-0.4, -0.2) is 23.6 Å². The summed E-state index contributed by atoms with van der Waals surface area (Å²) in [5.74, 6) is 1.09. The van der Waals surface area contributed by atoms with Crippen LogP contribution in [0.3, 0.4) is 0 Å². The fourth-order valence-electron chi connectivity index (χ4n) is 1.86. The largest absolute Gasteiger partial charge is 0.494 e. The van der Waals surface area contributed by atoms with E-state index >= 15 is 0 Å². The molecule has 0 radical (unpaired) electrons. The Morgan fingerprint density at radius 1 is 1.47 bits per heavy atom. The van der Waals surface area contributed by atoms with E-state index in [0.717, 1.165) is 23.5 Å². The first kappa shape index (κ1) is 13.5. The van der Waals surface area contributed by atoms with Gasteiger partial charge >= 0.3 is 0 Å². The fourth-order valence-corrected chi connectivity index (χ4v) is 1.86. The molecule has 0 aliphatic carbocycles. The molecule has 19 heavy (non-hydrogen) atoms. The molecule has 2 aromatic rings. The van der Waals surface area contributed by atoms with Crippen LogP contribution in [0.5, 0.6) is 5.75 Å². The van der Waals surface area contributed by atoms with Crippen molar-refractivity contribution in [3.63, 3.8) is 0 Å². The van der Waals surface area contributed by atoms with Crippen molar-refractivity contribution in [2.45, 2.75) is 13.3 Å². The zero-order valence-electron chi connectivity index (χ0n) is 11.1. The molecule has 1 aromatic heterocycles. The molecule has 1 aromatic carbocycles. The monoisotopic (exact) mass is 263 g/mol. The van der Waals surface area contributed by atoms with Gasteiger partial charge < -0.3 is 15.5 Å². The minimum atomic E-state index is -0.383. The Kier molecular flexibility index (Phi) is 4.16. The second kappa shape index (κ2) is 5.84. The summed E-state index contributed by atoms with van der Waals surface area (Å²) in [7, 11) is 1.45. The lowest BCUT2D eigenvalue weighted by molar-refractivity contribution is 0.386. The zero-order chi connectivity index (χ0) is 13.8. The first-order valence-electron chi connectivity index (χ1n) is 6.22. The number of rotatable bonds is 5. The number of nitrogens with one attached hydrogen (secondary N) is 1. The van der Waals surface area contributed by atoms with Crippen LogP contribution >= 0.6 is 0 Å². The molecule has 0 saturated carbocycles. The second-order valence-electron chi connectivity index (χ2n) is 4.64. The number of hydrogen-bond acceptors (Lipinski definition) is 3. The number of benzene rings is 1. The van der Waals surface area contributed by atoms with E-state index in [9.17, 15) is 4.39 Å². The maximum absolute atomic E-state index is 13.6. The molecule has 0 amide bonds. The summed E-state index contributed by atoms with van der Waals surface area (Å²) in [6.07, 6.45) is 2.49. The van der Waals surface area contributed by atoms with Crippen molar-refractivity contribution in [2.24, 2.45) is 11.7 Å². The molecule has 1 atom stereocenters. The Labute approximate surface area is 111 Å². The maximum Gasteiger partial charge on any atom is 0.165 e. The molecule has 0 aliphatic rings. The van der Waals surface area contributed by atoms with Gasteiger partial charge in [-0.05, 0) is 30.7 Å². The van der Waals surface area contributed by atoms with Crippen molar-refractivity contribution >= 4 is 0 Å². The van der Waals surface area contributed by atoms with Crippen LogP contribution in [0.4, 0.5) is 4.39 Å². The first-order valence-corrected chi connectivity index (χ1v) is 6.22. The number of hydrogen-bond donors (Lipinski definition) is 2. The Morgan fingerprint density at radius 3 is 2.89 bits per heavy atom. The highest BCUT2D eigenvalue weighted by Gasteiger charge is 2.09. The molecule has 0 saturated heterocycles. The van der Waals surface area contributed by atoms with Crippen LogP contribution in [0, 0.1) is 11.7 Å². The van der Waals surface area contributed by atoms with E-state index in [1.54, 1.807) is 18.3 Å². The highest BCUT2D eigenvalue weighted by molar-refractivity contribution is 5.59. The van der Waals surface area contributed by atoms with E-state index in [2.05, 4.69) is 16.9 Å². The number of methoxy groups -OCH3 is 1. The lowest BCUT2D eigenvalue weighted by Crippen LogP contribution is -2.13. The number of imidazole rings is 1. The van der Waals surface area contributed by atoms with Gasteiger partial charge in [0.25, 0.3) is 0 Å². The lowest BCUT2D eigenvalue weighted by Gasteiger charge is -2.05. The van der Waals surface area contributed by atoms with Crippen LogP contribution in [-0.2, 0) is 6.42 Å². The van der Waals surface area contributed by atoms with Crippen molar-refractivity contribution in [3.8, 4) is 17.0 Å². The second-order valence-corrected chi connectivity index (χ2v) is 4.64. The molecule has 102 valence electrons. The quantitative estimate of drug-likeness (QED) is 0.870. The highest BCUT2D eigenvalue weighted by Crippen LogP contribution is 2.24. The topological polar surface area (TPSA) is 63.9 Å². The van der Waals surface area contributed by atoms with Gasteiger partial charge in [0.2, 0.25) is 0 Å². The lowest BCUT2D eigenvalue weighted by atomic mass is 10.1. The highest BCUT2D eigenvalue weighted by atomic mass is 19.1. The smallest absolute Gasteiger partial charge is 0.165 e. The zero-order valence-corrected chi connectivity index (χ0v) is 11.1. The summed E-state index contributed by atoms with van der Waals surface area (Å²) in [4.78, 5) is 7.47. The van der Waals surface area contributed by atoms with Crippen LogP contribution in [0.15, 0.2) is 24.4 Å². The SMILES string of the molecule is COc1ccc(-c2cnc(CC(C)CN)[nH]2)cc1F. The van der Waals surface area contributed by atoms with Gasteiger partial charge in [-0.2, -0.15) is 0 Å². The van der Waals surface area contributed by atoms with Gasteiger partial charge in [-0.1, -0.05) is 6.92 Å². The van der Waals surface area contributed by atoms with E-state index in [4.69, 9.17) is 10.5 Å². The summed E-state index contributed by atoms with van der Waals surface area (Å²) >= 11 is 0. The molecule has 0 aliphatic heterocycles. The minimum Gasteiger partial charge on any atom is -0.494 e. The van der Waals surface area contributed by atoms with Gasteiger partial charge in [0, 0.05) is 12.0 Å². The van der Waals surface area contributed by atoms with Crippen LogP contribution in [0.25, 0.3) is 11.3 Å². The van der Waals surface area contributed by atoms with Crippen LogP contribution < -0.4 is 10.5 Å². The Balaban J connectivity index is 2.20. The normalized spacial score (nSPS) is 12.4. The van der Waals surface area contributed by atoms with Crippen molar-refractivity contribution in [1.29, 1.82) is 0 Å². The van der Waals surface area contributed by atoms with E-state index < -0.39 is 0 Å². The Morgan fingerprint density at radius 2 is 2.26 bits per heavy atom. The fraction of sp³-hybridized carbons (Fsp3) is 0.357. The summed E-state index contributed by atoms with van der Waals surface area (Å²) in [5.41, 5.74) is 7.12. The minimum absolute atomic E-state index is 0.236. The molecule has 0 fully saturated rings. The number of halogens is 1. The average molecular weight is 263 g/mol. The first-order chi connectivity index (χ1) is 9.13. The molecule has 0 spiro atoms. The maximum atomic E-state index is 13.6. The summed E-state index contributed by atoms with van der Waals surface area (Å²) < 4.78 is 18.5. The molecule has 5 heteroatoms. The Bertz CT molecular complexity index is 553. The van der Waals surface area contributed by atoms with Crippen molar-refractivity contribution in [3.05, 3.63) is 36.0 Å². The standard InChI is InChI=1S/C14H18FN3O/c1-9(7-16)5-14-17-8-12(18-14)10-3-4-13(19-2)11(15)6-10/h3-4,6,8-9H,5,7,16H2,1-2H3,(H,17,18). The Hall–Kier alpha value is -1.88. The number of nitrogens with zero attached hydrogens (tertiary/aromatic N) is 1. The van der Waals surface area contributed by atoms with Crippen molar-refractivity contribution < 1.29 is 9.13 Å². The molecule has 1 heterocycles. The predicted molar refractivity (Wildman–Crippen MR) is 72.5 cm³/mol. The summed E-state index contributed by atoms with van der Waals surface area (Å²) in [5, 5.41) is 0.